The first-order valence-corrected chi connectivity index (χ1v) is 16.9. The molecule has 0 saturated carbocycles. The van der Waals surface area contributed by atoms with Crippen LogP contribution in [0.5, 0.6) is 0 Å². The smallest absolute Gasteiger partial charge is 0.0737 e. The van der Waals surface area contributed by atoms with Crippen molar-refractivity contribution in [1.29, 1.82) is 0 Å². The molecule has 0 amide bonds. The van der Waals surface area contributed by atoms with E-state index in [2.05, 4.69) is 183 Å². The van der Waals surface area contributed by atoms with E-state index in [1.807, 2.05) is 0 Å². The molecule has 1 spiro atoms. The summed E-state index contributed by atoms with van der Waals surface area (Å²) < 4.78 is 0. The van der Waals surface area contributed by atoms with Crippen molar-refractivity contribution in [3.63, 3.8) is 0 Å². The molecule has 2 aliphatic rings. The summed E-state index contributed by atoms with van der Waals surface area (Å²) in [5, 5.41) is 5.16. The third kappa shape index (κ3) is 3.56. The van der Waals surface area contributed by atoms with Crippen molar-refractivity contribution in [2.45, 2.75) is 19.3 Å². The summed E-state index contributed by atoms with van der Waals surface area (Å²) in [5.74, 6) is 0. The second-order valence-corrected chi connectivity index (χ2v) is 13.4. The summed E-state index contributed by atoms with van der Waals surface area (Å²) in [6.45, 7) is 4.38. The fourth-order valence-electron chi connectivity index (χ4n) is 8.85. The Morgan fingerprint density at radius 1 is 0.417 bits per heavy atom. The number of aryl methyl sites for hydroxylation is 2. The first kappa shape index (κ1) is 27.2. The number of hydrogen-bond donors (Lipinski definition) is 0. The van der Waals surface area contributed by atoms with Crippen molar-refractivity contribution in [2.24, 2.45) is 0 Å². The van der Waals surface area contributed by atoms with Crippen LogP contribution in [-0.2, 0) is 5.41 Å². The van der Waals surface area contributed by atoms with E-state index in [4.69, 9.17) is 0 Å². The average molecular weight is 612 g/mol. The van der Waals surface area contributed by atoms with Gasteiger partial charge in [0.25, 0.3) is 0 Å². The molecule has 8 aromatic rings. The molecular formula is C47H33N. The Hall–Kier alpha value is -5.92. The van der Waals surface area contributed by atoms with Gasteiger partial charge in [0.15, 0.2) is 0 Å². The van der Waals surface area contributed by atoms with Crippen LogP contribution < -0.4 is 4.90 Å². The van der Waals surface area contributed by atoms with Crippen molar-refractivity contribution in [3.05, 3.63) is 197 Å². The SMILES string of the molecule is Cc1ccc(C)c(N(c2ccccc2)c2ccc3c4c(ccc3c2)-c2ccc3ccccc3c2C42c3ccccc3-c3ccccc32)c1. The summed E-state index contributed by atoms with van der Waals surface area (Å²) in [5.41, 5.74) is 16.5. The molecule has 0 fully saturated rings. The van der Waals surface area contributed by atoms with Gasteiger partial charge in [-0.2, -0.15) is 0 Å². The molecule has 0 unspecified atom stereocenters. The topological polar surface area (TPSA) is 3.24 Å². The highest BCUT2D eigenvalue weighted by atomic mass is 15.1. The standard InChI is InChI=1S/C47H33N/c1-30-20-21-31(2)44(28-30)48(34-13-4-3-5-14-34)35-24-27-37-33(29-35)23-26-41-40-25-22-32-12-6-7-15-36(32)45(40)47(46(37)41)42-18-10-8-16-38(42)39-17-9-11-19-43(39)47/h3-29H,1-2H3. The summed E-state index contributed by atoms with van der Waals surface area (Å²) >= 11 is 0. The number of anilines is 3. The summed E-state index contributed by atoms with van der Waals surface area (Å²) in [6.07, 6.45) is 0. The van der Waals surface area contributed by atoms with E-state index in [9.17, 15) is 0 Å². The van der Waals surface area contributed by atoms with E-state index in [1.54, 1.807) is 0 Å². The Morgan fingerprint density at radius 2 is 1.02 bits per heavy atom. The predicted octanol–water partition coefficient (Wildman–Crippen LogP) is 12.4. The lowest BCUT2D eigenvalue weighted by Crippen LogP contribution is -2.26. The molecule has 0 atom stereocenters. The number of nitrogens with zero attached hydrogens (tertiary/aromatic N) is 1. The van der Waals surface area contributed by atoms with Gasteiger partial charge in [-0.3, -0.25) is 0 Å². The molecule has 1 nitrogen and oxygen atoms in total. The van der Waals surface area contributed by atoms with E-state index in [0.29, 0.717) is 0 Å². The fraction of sp³-hybridized carbons (Fsp3) is 0.0638. The zero-order valence-electron chi connectivity index (χ0n) is 27.0. The highest BCUT2D eigenvalue weighted by molar-refractivity contribution is 6.09. The van der Waals surface area contributed by atoms with Crippen molar-refractivity contribution in [3.8, 4) is 22.3 Å². The molecule has 0 radical (unpaired) electrons. The molecule has 226 valence electrons. The lowest BCUT2D eigenvalue weighted by molar-refractivity contribution is 0.809. The van der Waals surface area contributed by atoms with Crippen LogP contribution >= 0.6 is 0 Å². The fourth-order valence-corrected chi connectivity index (χ4v) is 8.85. The first-order chi connectivity index (χ1) is 23.6. The van der Waals surface area contributed by atoms with E-state index in [0.717, 1.165) is 11.4 Å². The van der Waals surface area contributed by atoms with E-state index >= 15 is 0 Å². The van der Waals surface area contributed by atoms with Crippen LogP contribution in [-0.4, -0.2) is 0 Å². The molecule has 10 rings (SSSR count). The maximum atomic E-state index is 2.41. The van der Waals surface area contributed by atoms with Gasteiger partial charge in [-0.1, -0.05) is 133 Å². The molecule has 0 saturated heterocycles. The molecule has 48 heavy (non-hydrogen) atoms. The first-order valence-electron chi connectivity index (χ1n) is 16.9. The third-order valence-electron chi connectivity index (χ3n) is 10.8. The maximum absolute atomic E-state index is 2.41. The Balaban J connectivity index is 1.30. The zero-order valence-corrected chi connectivity index (χ0v) is 27.0. The lowest BCUT2D eigenvalue weighted by Gasteiger charge is -2.33. The number of benzene rings is 8. The molecule has 1 heteroatoms. The van der Waals surface area contributed by atoms with Gasteiger partial charge in [0, 0.05) is 17.1 Å². The van der Waals surface area contributed by atoms with Crippen LogP contribution in [0.3, 0.4) is 0 Å². The van der Waals surface area contributed by atoms with Crippen molar-refractivity contribution in [2.75, 3.05) is 4.90 Å². The molecule has 8 aromatic carbocycles. The Labute approximate surface area is 281 Å². The van der Waals surface area contributed by atoms with Gasteiger partial charge >= 0.3 is 0 Å². The summed E-state index contributed by atoms with van der Waals surface area (Å²) in [6, 6.07) is 61.2. The third-order valence-corrected chi connectivity index (χ3v) is 10.8. The minimum Gasteiger partial charge on any atom is -0.310 e. The molecule has 0 heterocycles. The quantitative estimate of drug-likeness (QED) is 0.192. The minimum atomic E-state index is -0.425. The Bertz CT molecular complexity index is 2550. The van der Waals surface area contributed by atoms with Gasteiger partial charge < -0.3 is 4.90 Å². The van der Waals surface area contributed by atoms with Crippen LogP contribution in [0.15, 0.2) is 164 Å². The maximum Gasteiger partial charge on any atom is 0.0737 e. The minimum absolute atomic E-state index is 0.425. The monoisotopic (exact) mass is 611 g/mol. The van der Waals surface area contributed by atoms with Gasteiger partial charge in [0.2, 0.25) is 0 Å². The van der Waals surface area contributed by atoms with Crippen molar-refractivity contribution in [1.82, 2.24) is 0 Å². The molecule has 0 bridgehead atoms. The Kier molecular flexibility index (Phi) is 5.69. The van der Waals surface area contributed by atoms with Crippen LogP contribution in [0, 0.1) is 13.8 Å². The molecule has 0 aliphatic heterocycles. The van der Waals surface area contributed by atoms with Gasteiger partial charge in [-0.05, 0) is 121 Å². The van der Waals surface area contributed by atoms with E-state index < -0.39 is 5.41 Å². The number of rotatable bonds is 3. The second kappa shape index (κ2) is 10.0. The van der Waals surface area contributed by atoms with E-state index in [1.165, 1.54) is 82.9 Å². The number of hydrogen-bond acceptors (Lipinski definition) is 1. The van der Waals surface area contributed by atoms with Gasteiger partial charge in [0.1, 0.15) is 0 Å². The van der Waals surface area contributed by atoms with Crippen LogP contribution in [0.1, 0.15) is 33.4 Å². The van der Waals surface area contributed by atoms with Gasteiger partial charge in [0.05, 0.1) is 5.41 Å². The Morgan fingerprint density at radius 3 is 1.75 bits per heavy atom. The second-order valence-electron chi connectivity index (χ2n) is 13.4. The highest BCUT2D eigenvalue weighted by Crippen LogP contribution is 2.65. The summed E-state index contributed by atoms with van der Waals surface area (Å²) in [4.78, 5) is 2.41. The highest BCUT2D eigenvalue weighted by Gasteiger charge is 2.53. The largest absolute Gasteiger partial charge is 0.310 e. The van der Waals surface area contributed by atoms with Crippen LogP contribution in [0.4, 0.5) is 17.1 Å². The van der Waals surface area contributed by atoms with E-state index in [-0.39, 0.29) is 0 Å². The van der Waals surface area contributed by atoms with Crippen molar-refractivity contribution >= 4 is 38.6 Å². The number of para-hydroxylation sites is 1. The molecule has 2 aliphatic carbocycles. The number of fused-ring (bicyclic) bond motifs is 14. The normalized spacial score (nSPS) is 13.4. The lowest BCUT2D eigenvalue weighted by atomic mass is 9.68. The molecule has 0 aromatic heterocycles. The molecular weight excluding hydrogens is 579 g/mol. The molecule has 0 N–H and O–H groups in total. The predicted molar refractivity (Wildman–Crippen MR) is 202 cm³/mol. The van der Waals surface area contributed by atoms with Crippen LogP contribution in [0.25, 0.3) is 43.8 Å². The van der Waals surface area contributed by atoms with Crippen molar-refractivity contribution < 1.29 is 0 Å². The zero-order chi connectivity index (χ0) is 32.0. The van der Waals surface area contributed by atoms with Gasteiger partial charge in [-0.15, -0.1) is 0 Å². The van der Waals surface area contributed by atoms with Gasteiger partial charge in [-0.25, -0.2) is 0 Å². The average Bonchev–Trinajstić information content (AvgIpc) is 3.61. The van der Waals surface area contributed by atoms with Crippen LogP contribution in [0.2, 0.25) is 0 Å². The summed E-state index contributed by atoms with van der Waals surface area (Å²) in [7, 11) is 0.